The molecule has 1 aromatic heterocycles. The quantitative estimate of drug-likeness (QED) is 0.813. The molecule has 0 aliphatic heterocycles. The van der Waals surface area contributed by atoms with Crippen molar-refractivity contribution in [1.29, 1.82) is 0 Å². The van der Waals surface area contributed by atoms with Crippen LogP contribution < -0.4 is 11.1 Å². The maximum absolute atomic E-state index is 11.5. The van der Waals surface area contributed by atoms with E-state index in [1.807, 2.05) is 0 Å². The Kier molecular flexibility index (Phi) is 4.98. The molecule has 6 nitrogen and oxygen atoms in total. The highest BCUT2D eigenvalue weighted by atomic mass is 28.4. The molecule has 0 saturated carbocycles. The largest absolute Gasteiger partial charge is 0.415 e. The summed E-state index contributed by atoms with van der Waals surface area (Å²) in [6.07, 6.45) is 1.67. The van der Waals surface area contributed by atoms with Gasteiger partial charge in [-0.25, -0.2) is 0 Å². The van der Waals surface area contributed by atoms with E-state index < -0.39 is 8.32 Å². The second-order valence-electron chi connectivity index (χ2n) is 6.38. The molecule has 3 N–H and O–H groups in total. The predicted molar refractivity (Wildman–Crippen MR) is 83.2 cm³/mol. The van der Waals surface area contributed by atoms with Crippen molar-refractivity contribution in [3.63, 3.8) is 0 Å². The molecule has 1 rings (SSSR count). The van der Waals surface area contributed by atoms with Crippen LogP contribution in [0.5, 0.6) is 0 Å². The van der Waals surface area contributed by atoms with Crippen LogP contribution in [0.4, 0.5) is 5.69 Å². The van der Waals surface area contributed by atoms with Crippen LogP contribution in [0.3, 0.4) is 0 Å². The van der Waals surface area contributed by atoms with E-state index in [0.717, 1.165) is 0 Å². The zero-order chi connectivity index (χ0) is 15.6. The average Bonchev–Trinajstić information content (AvgIpc) is 2.68. The third kappa shape index (κ3) is 3.83. The van der Waals surface area contributed by atoms with E-state index in [0.29, 0.717) is 18.8 Å². The molecule has 0 unspecified atom stereocenters. The average molecular weight is 298 g/mol. The molecule has 20 heavy (non-hydrogen) atoms. The molecule has 0 atom stereocenters. The Morgan fingerprint density at radius 1 is 1.50 bits per heavy atom. The Bertz CT molecular complexity index is 477. The van der Waals surface area contributed by atoms with E-state index >= 15 is 0 Å². The van der Waals surface area contributed by atoms with Crippen LogP contribution in [-0.4, -0.2) is 37.7 Å². The van der Waals surface area contributed by atoms with E-state index in [9.17, 15) is 4.79 Å². The number of nitrogens with one attached hydrogen (secondary N) is 1. The number of hydrogen-bond donors (Lipinski definition) is 2. The fourth-order valence-electron chi connectivity index (χ4n) is 1.46. The van der Waals surface area contributed by atoms with Crippen molar-refractivity contribution in [3.05, 3.63) is 11.9 Å². The first-order valence-corrected chi connectivity index (χ1v) is 9.68. The molecule has 0 aromatic carbocycles. The normalized spacial score (nSPS) is 12.5. The first-order chi connectivity index (χ1) is 9.08. The first-order valence-electron chi connectivity index (χ1n) is 6.77. The molecule has 1 aromatic rings. The first kappa shape index (κ1) is 16.7. The van der Waals surface area contributed by atoms with Crippen molar-refractivity contribution in [2.45, 2.75) is 45.4 Å². The summed E-state index contributed by atoms with van der Waals surface area (Å²) in [6.45, 7) is 12.2. The zero-order valence-corrected chi connectivity index (χ0v) is 14.3. The molecular formula is C13H26N4O2Si. The summed E-state index contributed by atoms with van der Waals surface area (Å²) in [5, 5.41) is 6.88. The highest BCUT2D eigenvalue weighted by Gasteiger charge is 2.36. The number of anilines is 1. The molecule has 0 saturated heterocycles. The maximum Gasteiger partial charge on any atom is 0.273 e. The molecule has 0 spiro atoms. The third-order valence-corrected chi connectivity index (χ3v) is 8.36. The van der Waals surface area contributed by atoms with Gasteiger partial charge in [0.25, 0.3) is 5.91 Å². The predicted octanol–water partition coefficient (Wildman–Crippen LogP) is 1.85. The second-order valence-corrected chi connectivity index (χ2v) is 11.2. The lowest BCUT2D eigenvalue weighted by atomic mass is 10.2. The third-order valence-electron chi connectivity index (χ3n) is 3.82. The van der Waals surface area contributed by atoms with Crippen molar-refractivity contribution >= 4 is 19.9 Å². The Labute approximate surface area is 121 Å². The topological polar surface area (TPSA) is 82.2 Å². The van der Waals surface area contributed by atoms with Crippen LogP contribution in [-0.2, 0) is 11.0 Å². The molecule has 7 heteroatoms. The lowest BCUT2D eigenvalue weighted by Crippen LogP contribution is -2.41. The monoisotopic (exact) mass is 298 g/mol. The highest BCUT2D eigenvalue weighted by Crippen LogP contribution is 2.36. The van der Waals surface area contributed by atoms with Crippen LogP contribution in [0.25, 0.3) is 0 Å². The molecular weight excluding hydrogens is 272 g/mol. The van der Waals surface area contributed by atoms with Gasteiger partial charge in [0.2, 0.25) is 0 Å². The summed E-state index contributed by atoms with van der Waals surface area (Å²) in [5.41, 5.74) is 6.42. The van der Waals surface area contributed by atoms with Crippen LogP contribution in [0.2, 0.25) is 18.1 Å². The molecule has 0 bridgehead atoms. The smallest absolute Gasteiger partial charge is 0.273 e. The number of nitrogen functional groups attached to an aromatic ring is 1. The van der Waals surface area contributed by atoms with E-state index in [2.05, 4.69) is 44.3 Å². The number of nitrogens with two attached hydrogens (primary N) is 1. The maximum atomic E-state index is 11.5. The summed E-state index contributed by atoms with van der Waals surface area (Å²) in [4.78, 5) is 11.5. The number of amides is 1. The lowest BCUT2D eigenvalue weighted by Gasteiger charge is -2.36. The summed E-state index contributed by atoms with van der Waals surface area (Å²) in [5.74, 6) is -0.272. The number of hydrogen-bond acceptors (Lipinski definition) is 4. The molecule has 0 aliphatic rings. The van der Waals surface area contributed by atoms with Gasteiger partial charge in [0.15, 0.2) is 14.0 Å². The van der Waals surface area contributed by atoms with Gasteiger partial charge in [-0.3, -0.25) is 9.48 Å². The van der Waals surface area contributed by atoms with Gasteiger partial charge in [-0.2, -0.15) is 5.10 Å². The van der Waals surface area contributed by atoms with Gasteiger partial charge in [-0.1, -0.05) is 20.8 Å². The summed E-state index contributed by atoms with van der Waals surface area (Å²) >= 11 is 0. The van der Waals surface area contributed by atoms with E-state index in [-0.39, 0.29) is 16.6 Å². The Balaban J connectivity index is 2.62. The van der Waals surface area contributed by atoms with Crippen LogP contribution in [0, 0.1) is 0 Å². The Morgan fingerprint density at radius 2 is 2.10 bits per heavy atom. The SMILES string of the molecule is CNC(=O)c1nn(CCO[Si](C)(C)C(C)(C)C)cc1N. The van der Waals surface area contributed by atoms with E-state index in [4.69, 9.17) is 10.2 Å². The summed E-state index contributed by atoms with van der Waals surface area (Å²) < 4.78 is 7.73. The molecule has 0 radical (unpaired) electrons. The van der Waals surface area contributed by atoms with Gasteiger partial charge in [0.05, 0.1) is 18.8 Å². The molecule has 1 amide bonds. The number of carbonyl (C=O) groups excluding carboxylic acids is 1. The van der Waals surface area contributed by atoms with Gasteiger partial charge in [0, 0.05) is 13.2 Å². The van der Waals surface area contributed by atoms with E-state index in [1.165, 1.54) is 0 Å². The Hall–Kier alpha value is -1.34. The summed E-state index contributed by atoms with van der Waals surface area (Å²) in [7, 11) is -0.189. The van der Waals surface area contributed by atoms with Crippen molar-refractivity contribution in [2.75, 3.05) is 19.4 Å². The fraction of sp³-hybridized carbons (Fsp3) is 0.692. The van der Waals surface area contributed by atoms with Gasteiger partial charge >= 0.3 is 0 Å². The van der Waals surface area contributed by atoms with Gasteiger partial charge < -0.3 is 15.5 Å². The number of aromatic nitrogens is 2. The number of nitrogens with zero attached hydrogens (tertiary/aromatic N) is 2. The lowest BCUT2D eigenvalue weighted by molar-refractivity contribution is 0.0958. The fourth-order valence-corrected chi connectivity index (χ4v) is 2.49. The minimum Gasteiger partial charge on any atom is -0.415 e. The Morgan fingerprint density at radius 3 is 2.60 bits per heavy atom. The van der Waals surface area contributed by atoms with Gasteiger partial charge in [0.1, 0.15) is 0 Å². The minimum atomic E-state index is -1.75. The minimum absolute atomic E-state index is 0.184. The van der Waals surface area contributed by atoms with Crippen LogP contribution in [0.15, 0.2) is 6.20 Å². The molecule has 0 fully saturated rings. The number of rotatable bonds is 5. The van der Waals surface area contributed by atoms with Gasteiger partial charge in [-0.05, 0) is 18.1 Å². The number of carbonyl (C=O) groups is 1. The van der Waals surface area contributed by atoms with E-state index in [1.54, 1.807) is 17.9 Å². The standard InChI is InChI=1S/C13H26N4O2Si/c1-13(2,3)20(5,6)19-8-7-17-9-10(14)11(16-17)12(18)15-4/h9H,7-8,14H2,1-6H3,(H,15,18). The second kappa shape index (κ2) is 5.97. The van der Waals surface area contributed by atoms with Gasteiger partial charge in [-0.15, -0.1) is 0 Å². The molecule has 114 valence electrons. The van der Waals surface area contributed by atoms with Crippen LogP contribution >= 0.6 is 0 Å². The van der Waals surface area contributed by atoms with Crippen molar-refractivity contribution in [1.82, 2.24) is 15.1 Å². The zero-order valence-electron chi connectivity index (χ0n) is 13.3. The van der Waals surface area contributed by atoms with Crippen LogP contribution in [0.1, 0.15) is 31.3 Å². The van der Waals surface area contributed by atoms with Crippen molar-refractivity contribution in [2.24, 2.45) is 0 Å². The molecule has 1 heterocycles. The molecule has 0 aliphatic carbocycles. The summed E-state index contributed by atoms with van der Waals surface area (Å²) in [6, 6.07) is 0. The van der Waals surface area contributed by atoms with Crippen molar-refractivity contribution < 1.29 is 9.22 Å². The van der Waals surface area contributed by atoms with Crippen molar-refractivity contribution in [3.8, 4) is 0 Å². The highest BCUT2D eigenvalue weighted by molar-refractivity contribution is 6.74.